The van der Waals surface area contributed by atoms with Gasteiger partial charge in [0.15, 0.2) is 6.61 Å². The second kappa shape index (κ2) is 8.24. The summed E-state index contributed by atoms with van der Waals surface area (Å²) in [5.74, 6) is -0.144. The molecule has 124 valence electrons. The first-order chi connectivity index (χ1) is 11.5. The first-order valence-electron chi connectivity index (χ1n) is 6.63. The Hall–Kier alpha value is -2.69. The standard InChI is InChI=1S/C15H12IN3O5/c16-11-1-4-13(5-2-11)24-9-15(21)18-17-8-10-7-12(19(22)23)3-6-14(10)20/h1-8,20H,9H2,(H,18,21). The number of carbonyl (C=O) groups is 1. The van der Waals surface area contributed by atoms with Crippen LogP contribution in [0.1, 0.15) is 5.56 Å². The van der Waals surface area contributed by atoms with Crippen molar-refractivity contribution in [3.05, 3.63) is 61.7 Å². The van der Waals surface area contributed by atoms with Gasteiger partial charge < -0.3 is 9.84 Å². The van der Waals surface area contributed by atoms with Crippen molar-refractivity contribution in [1.29, 1.82) is 0 Å². The van der Waals surface area contributed by atoms with Crippen LogP contribution in [-0.2, 0) is 4.79 Å². The van der Waals surface area contributed by atoms with E-state index in [-0.39, 0.29) is 23.6 Å². The van der Waals surface area contributed by atoms with Crippen LogP contribution in [0.3, 0.4) is 0 Å². The van der Waals surface area contributed by atoms with Gasteiger partial charge in [-0.25, -0.2) is 5.43 Å². The van der Waals surface area contributed by atoms with Crippen LogP contribution in [0, 0.1) is 13.7 Å². The van der Waals surface area contributed by atoms with Gasteiger partial charge in [0.1, 0.15) is 11.5 Å². The molecule has 2 aromatic rings. The molecule has 0 unspecified atom stereocenters. The summed E-state index contributed by atoms with van der Waals surface area (Å²) in [5, 5.41) is 23.9. The highest BCUT2D eigenvalue weighted by molar-refractivity contribution is 14.1. The van der Waals surface area contributed by atoms with Gasteiger partial charge in [-0.15, -0.1) is 0 Å². The number of hydrazone groups is 1. The third kappa shape index (κ3) is 5.19. The Kier molecular flexibility index (Phi) is 6.07. The molecule has 2 rings (SSSR count). The number of nitrogens with zero attached hydrogens (tertiary/aromatic N) is 2. The maximum atomic E-state index is 11.6. The van der Waals surface area contributed by atoms with E-state index >= 15 is 0 Å². The van der Waals surface area contributed by atoms with E-state index in [9.17, 15) is 20.0 Å². The van der Waals surface area contributed by atoms with Gasteiger partial charge in [-0.05, 0) is 52.9 Å². The molecule has 0 fully saturated rings. The third-order valence-electron chi connectivity index (χ3n) is 2.80. The number of phenols is 1. The fourth-order valence-corrected chi connectivity index (χ4v) is 2.00. The number of aromatic hydroxyl groups is 1. The number of hydrogen-bond acceptors (Lipinski definition) is 6. The molecule has 2 N–H and O–H groups in total. The maximum Gasteiger partial charge on any atom is 0.277 e. The number of nitro groups is 1. The highest BCUT2D eigenvalue weighted by Gasteiger charge is 2.09. The molecule has 0 aliphatic heterocycles. The molecule has 0 aliphatic carbocycles. The molecule has 0 aromatic heterocycles. The number of rotatable bonds is 6. The number of non-ortho nitro benzene ring substituents is 1. The van der Waals surface area contributed by atoms with Crippen molar-refractivity contribution in [3.8, 4) is 11.5 Å². The van der Waals surface area contributed by atoms with E-state index in [1.807, 2.05) is 12.1 Å². The van der Waals surface area contributed by atoms with E-state index in [0.717, 1.165) is 15.9 Å². The molecule has 0 radical (unpaired) electrons. The smallest absolute Gasteiger partial charge is 0.277 e. The van der Waals surface area contributed by atoms with Crippen LogP contribution in [0.15, 0.2) is 47.6 Å². The van der Waals surface area contributed by atoms with Gasteiger partial charge in [0.05, 0.1) is 11.1 Å². The Balaban J connectivity index is 1.89. The zero-order valence-electron chi connectivity index (χ0n) is 12.2. The summed E-state index contributed by atoms with van der Waals surface area (Å²) in [5.41, 5.74) is 2.13. The Bertz CT molecular complexity index is 777. The van der Waals surface area contributed by atoms with E-state index in [4.69, 9.17) is 4.74 Å². The minimum Gasteiger partial charge on any atom is -0.507 e. The van der Waals surface area contributed by atoms with Crippen LogP contribution in [0.4, 0.5) is 5.69 Å². The number of ether oxygens (including phenoxy) is 1. The molecular formula is C15H12IN3O5. The fourth-order valence-electron chi connectivity index (χ4n) is 1.64. The monoisotopic (exact) mass is 441 g/mol. The van der Waals surface area contributed by atoms with Crippen molar-refractivity contribution < 1.29 is 19.6 Å². The lowest BCUT2D eigenvalue weighted by Gasteiger charge is -2.04. The molecule has 0 bridgehead atoms. The van der Waals surface area contributed by atoms with Gasteiger partial charge in [0, 0.05) is 21.3 Å². The second-order valence-corrected chi connectivity index (χ2v) is 5.78. The average Bonchev–Trinajstić information content (AvgIpc) is 2.56. The molecule has 9 heteroatoms. The van der Waals surface area contributed by atoms with Crippen LogP contribution >= 0.6 is 22.6 Å². The van der Waals surface area contributed by atoms with Crippen LogP contribution in [0.5, 0.6) is 11.5 Å². The molecule has 0 spiro atoms. The van der Waals surface area contributed by atoms with Gasteiger partial charge in [-0.1, -0.05) is 0 Å². The Morgan fingerprint density at radius 3 is 2.71 bits per heavy atom. The normalized spacial score (nSPS) is 10.5. The number of carbonyl (C=O) groups excluding carboxylic acids is 1. The predicted octanol–water partition coefficient (Wildman–Crippen LogP) is 2.43. The van der Waals surface area contributed by atoms with Gasteiger partial charge in [-0.2, -0.15) is 5.10 Å². The maximum absolute atomic E-state index is 11.6. The number of benzene rings is 2. The van der Waals surface area contributed by atoms with Crippen molar-refractivity contribution in [3.63, 3.8) is 0 Å². The van der Waals surface area contributed by atoms with Gasteiger partial charge in [0.2, 0.25) is 0 Å². The molecule has 0 heterocycles. The lowest BCUT2D eigenvalue weighted by Crippen LogP contribution is -2.24. The number of nitrogens with one attached hydrogen (secondary N) is 1. The summed E-state index contributed by atoms with van der Waals surface area (Å²) in [7, 11) is 0. The molecule has 0 saturated carbocycles. The number of hydrogen-bond donors (Lipinski definition) is 2. The van der Waals surface area contributed by atoms with E-state index in [2.05, 4.69) is 33.1 Å². The summed E-state index contributed by atoms with van der Waals surface area (Å²) < 4.78 is 6.32. The van der Waals surface area contributed by atoms with Crippen LogP contribution in [0.2, 0.25) is 0 Å². The number of halogens is 1. The zero-order chi connectivity index (χ0) is 17.5. The number of phenolic OH excluding ortho intramolecular Hbond substituents is 1. The Labute approximate surface area is 150 Å². The lowest BCUT2D eigenvalue weighted by molar-refractivity contribution is -0.384. The zero-order valence-corrected chi connectivity index (χ0v) is 14.3. The van der Waals surface area contributed by atoms with Crippen molar-refractivity contribution in [2.24, 2.45) is 5.10 Å². The van der Waals surface area contributed by atoms with Crippen LogP contribution < -0.4 is 10.2 Å². The molecule has 8 nitrogen and oxygen atoms in total. The number of nitro benzene ring substituents is 1. The minimum atomic E-state index is -0.593. The molecule has 0 aliphatic rings. The molecule has 0 atom stereocenters. The lowest BCUT2D eigenvalue weighted by atomic mass is 10.2. The molecule has 24 heavy (non-hydrogen) atoms. The second-order valence-electron chi connectivity index (χ2n) is 4.54. The van der Waals surface area contributed by atoms with Gasteiger partial charge >= 0.3 is 0 Å². The fraction of sp³-hybridized carbons (Fsp3) is 0.0667. The Morgan fingerprint density at radius 2 is 2.04 bits per heavy atom. The van der Waals surface area contributed by atoms with Crippen LogP contribution in [-0.4, -0.2) is 28.8 Å². The topological polar surface area (TPSA) is 114 Å². The van der Waals surface area contributed by atoms with E-state index < -0.39 is 10.8 Å². The van der Waals surface area contributed by atoms with Crippen molar-refractivity contribution in [2.45, 2.75) is 0 Å². The van der Waals surface area contributed by atoms with E-state index in [1.54, 1.807) is 12.1 Å². The summed E-state index contributed by atoms with van der Waals surface area (Å²) in [6, 6.07) is 10.7. The minimum absolute atomic E-state index is 0.114. The van der Waals surface area contributed by atoms with Gasteiger partial charge in [-0.3, -0.25) is 14.9 Å². The molecular weight excluding hydrogens is 429 g/mol. The van der Waals surface area contributed by atoms with Crippen LogP contribution in [0.25, 0.3) is 0 Å². The summed E-state index contributed by atoms with van der Waals surface area (Å²) in [4.78, 5) is 21.7. The summed E-state index contributed by atoms with van der Waals surface area (Å²) in [6.45, 7) is -0.237. The largest absolute Gasteiger partial charge is 0.507 e. The Morgan fingerprint density at radius 1 is 1.33 bits per heavy atom. The van der Waals surface area contributed by atoms with Crippen molar-refractivity contribution in [2.75, 3.05) is 6.61 Å². The molecule has 0 saturated heterocycles. The highest BCUT2D eigenvalue weighted by Crippen LogP contribution is 2.21. The number of amides is 1. The summed E-state index contributed by atoms with van der Waals surface area (Å²) in [6.07, 6.45) is 1.12. The van der Waals surface area contributed by atoms with E-state index in [0.29, 0.717) is 5.75 Å². The molecule has 1 amide bonds. The first-order valence-corrected chi connectivity index (χ1v) is 7.71. The van der Waals surface area contributed by atoms with Crippen molar-refractivity contribution >= 4 is 40.4 Å². The highest BCUT2D eigenvalue weighted by atomic mass is 127. The van der Waals surface area contributed by atoms with Gasteiger partial charge in [0.25, 0.3) is 11.6 Å². The first kappa shape index (κ1) is 17.7. The SMILES string of the molecule is O=C(COc1ccc(I)cc1)NN=Cc1cc([N+](=O)[O-])ccc1O. The summed E-state index contributed by atoms with van der Waals surface area (Å²) >= 11 is 2.15. The third-order valence-corrected chi connectivity index (χ3v) is 3.52. The van der Waals surface area contributed by atoms with Crippen molar-refractivity contribution in [1.82, 2.24) is 5.43 Å². The average molecular weight is 441 g/mol. The quantitative estimate of drug-likeness (QED) is 0.310. The van der Waals surface area contributed by atoms with E-state index in [1.165, 1.54) is 12.1 Å². The predicted molar refractivity (Wildman–Crippen MR) is 95.2 cm³/mol. The molecule has 2 aromatic carbocycles.